The average molecular weight is 409 g/mol. The number of nitrogens with one attached hydrogen (secondary N) is 1. The lowest BCUT2D eigenvalue weighted by Gasteiger charge is -2.14. The third-order valence-corrected chi connectivity index (χ3v) is 4.77. The van der Waals surface area contributed by atoms with Crippen molar-refractivity contribution in [1.29, 1.82) is 0 Å². The fraction of sp³-hybridized carbons (Fsp3) is 0.286. The number of hydrogen-bond donors (Lipinski definition) is 1. The number of methoxy groups -OCH3 is 2. The van der Waals surface area contributed by atoms with Gasteiger partial charge in [0.15, 0.2) is 5.82 Å². The van der Waals surface area contributed by atoms with E-state index in [2.05, 4.69) is 15.4 Å². The predicted molar refractivity (Wildman–Crippen MR) is 110 cm³/mol. The number of urea groups is 1. The van der Waals surface area contributed by atoms with Crippen molar-refractivity contribution in [2.45, 2.75) is 0 Å². The van der Waals surface area contributed by atoms with Gasteiger partial charge in [0, 0.05) is 18.7 Å². The molecule has 30 heavy (non-hydrogen) atoms. The number of benzene rings is 2. The lowest BCUT2D eigenvalue weighted by atomic mass is 10.2. The summed E-state index contributed by atoms with van der Waals surface area (Å²) >= 11 is 0. The van der Waals surface area contributed by atoms with Crippen LogP contribution in [0.15, 0.2) is 48.5 Å². The number of carbonyl (C=O) groups is 1. The summed E-state index contributed by atoms with van der Waals surface area (Å²) < 4.78 is 17.9. The lowest BCUT2D eigenvalue weighted by Crippen LogP contribution is -2.31. The van der Waals surface area contributed by atoms with Crippen LogP contribution in [0.3, 0.4) is 0 Å². The molecule has 1 aromatic heterocycles. The molecule has 0 saturated carbocycles. The van der Waals surface area contributed by atoms with Gasteiger partial charge in [-0.05, 0) is 48.5 Å². The Morgan fingerprint density at radius 3 is 2.37 bits per heavy atom. The van der Waals surface area contributed by atoms with Crippen molar-refractivity contribution in [2.24, 2.45) is 0 Å². The third-order valence-electron chi connectivity index (χ3n) is 4.77. The Balaban J connectivity index is 1.49. The zero-order valence-corrected chi connectivity index (χ0v) is 16.9. The normalized spacial score (nSPS) is 13.3. The SMILES string of the molecule is COc1ccc(-n2nc(OC)nc2-c2ccc(OCCN3CCNC3=O)cc2)cc1. The summed E-state index contributed by atoms with van der Waals surface area (Å²) in [5, 5.41) is 7.20. The third kappa shape index (κ3) is 4.14. The van der Waals surface area contributed by atoms with Gasteiger partial charge in [-0.3, -0.25) is 0 Å². The molecule has 2 aromatic carbocycles. The summed E-state index contributed by atoms with van der Waals surface area (Å²) in [6, 6.07) is 15.4. The van der Waals surface area contributed by atoms with E-state index < -0.39 is 0 Å². The topological polar surface area (TPSA) is 90.7 Å². The number of hydrogen-bond acceptors (Lipinski definition) is 6. The Labute approximate surface area is 174 Å². The predicted octanol–water partition coefficient (Wildman–Crippen LogP) is 2.36. The molecule has 0 atom stereocenters. The Hall–Kier alpha value is -3.75. The fourth-order valence-corrected chi connectivity index (χ4v) is 3.17. The molecular formula is C21H23N5O4. The first-order valence-electron chi connectivity index (χ1n) is 9.59. The van der Waals surface area contributed by atoms with Crippen molar-refractivity contribution in [2.75, 3.05) is 40.5 Å². The average Bonchev–Trinajstić information content (AvgIpc) is 3.41. The van der Waals surface area contributed by atoms with Crippen molar-refractivity contribution in [3.8, 4) is 34.6 Å². The Bertz CT molecular complexity index is 1000. The van der Waals surface area contributed by atoms with Crippen LogP contribution < -0.4 is 19.5 Å². The minimum absolute atomic E-state index is 0.0410. The van der Waals surface area contributed by atoms with E-state index in [0.29, 0.717) is 32.1 Å². The van der Waals surface area contributed by atoms with Gasteiger partial charge in [-0.15, -0.1) is 5.10 Å². The van der Waals surface area contributed by atoms with Gasteiger partial charge in [-0.1, -0.05) is 0 Å². The molecular weight excluding hydrogens is 386 g/mol. The monoisotopic (exact) mass is 409 g/mol. The highest BCUT2D eigenvalue weighted by Gasteiger charge is 2.19. The van der Waals surface area contributed by atoms with E-state index in [9.17, 15) is 4.79 Å². The van der Waals surface area contributed by atoms with Gasteiger partial charge in [0.2, 0.25) is 0 Å². The molecule has 1 aliphatic rings. The second kappa shape index (κ2) is 8.73. The number of aromatic nitrogens is 3. The van der Waals surface area contributed by atoms with Crippen LogP contribution in [0.5, 0.6) is 17.5 Å². The smallest absolute Gasteiger partial charge is 0.336 e. The maximum atomic E-state index is 11.6. The first kappa shape index (κ1) is 19.6. The van der Waals surface area contributed by atoms with Crippen molar-refractivity contribution >= 4 is 6.03 Å². The number of carbonyl (C=O) groups excluding carboxylic acids is 1. The standard InChI is InChI=1S/C21H23N5O4/c1-28-17-9-5-16(6-10-17)26-19(23-20(24-26)29-2)15-3-7-18(8-4-15)30-14-13-25-12-11-22-21(25)27/h3-10H,11-14H2,1-2H3,(H,22,27). The highest BCUT2D eigenvalue weighted by molar-refractivity contribution is 5.76. The van der Waals surface area contributed by atoms with Gasteiger partial charge in [-0.25, -0.2) is 9.48 Å². The summed E-state index contributed by atoms with van der Waals surface area (Å²) in [7, 11) is 3.16. The number of amides is 2. The second-order valence-corrected chi connectivity index (χ2v) is 6.62. The van der Waals surface area contributed by atoms with Gasteiger partial charge in [0.05, 0.1) is 26.5 Å². The van der Waals surface area contributed by atoms with Crippen LogP contribution in [0.25, 0.3) is 17.1 Å². The molecule has 2 heterocycles. The first-order chi connectivity index (χ1) is 14.7. The van der Waals surface area contributed by atoms with Crippen LogP contribution in [0, 0.1) is 0 Å². The highest BCUT2D eigenvalue weighted by Crippen LogP contribution is 2.26. The summed E-state index contributed by atoms with van der Waals surface area (Å²) in [4.78, 5) is 17.8. The minimum Gasteiger partial charge on any atom is -0.497 e. The molecule has 2 amide bonds. The van der Waals surface area contributed by atoms with Gasteiger partial charge in [0.1, 0.15) is 18.1 Å². The molecule has 9 heteroatoms. The van der Waals surface area contributed by atoms with Crippen molar-refractivity contribution < 1.29 is 19.0 Å². The van der Waals surface area contributed by atoms with Crippen LogP contribution in [-0.4, -0.2) is 66.2 Å². The van der Waals surface area contributed by atoms with Crippen LogP contribution in [0.1, 0.15) is 0 Å². The van der Waals surface area contributed by atoms with Gasteiger partial charge in [0.25, 0.3) is 0 Å². The molecule has 4 rings (SSSR count). The molecule has 0 unspecified atom stereocenters. The van der Waals surface area contributed by atoms with Crippen molar-refractivity contribution in [3.63, 3.8) is 0 Å². The Kier molecular flexibility index (Phi) is 5.69. The molecule has 1 saturated heterocycles. The van der Waals surface area contributed by atoms with Crippen molar-refractivity contribution in [1.82, 2.24) is 25.0 Å². The van der Waals surface area contributed by atoms with Gasteiger partial charge >= 0.3 is 12.0 Å². The lowest BCUT2D eigenvalue weighted by molar-refractivity contribution is 0.202. The van der Waals surface area contributed by atoms with E-state index in [1.807, 2.05) is 48.5 Å². The zero-order valence-electron chi connectivity index (χ0n) is 16.9. The van der Waals surface area contributed by atoms with Crippen LogP contribution in [0.4, 0.5) is 4.79 Å². The molecule has 3 aromatic rings. The first-order valence-corrected chi connectivity index (χ1v) is 9.59. The van der Waals surface area contributed by atoms with E-state index in [1.165, 1.54) is 7.11 Å². The maximum Gasteiger partial charge on any atom is 0.336 e. The fourth-order valence-electron chi connectivity index (χ4n) is 3.17. The van der Waals surface area contributed by atoms with Crippen molar-refractivity contribution in [3.05, 3.63) is 48.5 Å². The van der Waals surface area contributed by atoms with E-state index in [-0.39, 0.29) is 12.0 Å². The van der Waals surface area contributed by atoms with Crippen LogP contribution >= 0.6 is 0 Å². The molecule has 0 spiro atoms. The molecule has 0 radical (unpaired) electrons. The largest absolute Gasteiger partial charge is 0.497 e. The second-order valence-electron chi connectivity index (χ2n) is 6.62. The summed E-state index contributed by atoms with van der Waals surface area (Å²) in [6.07, 6.45) is 0. The summed E-state index contributed by atoms with van der Waals surface area (Å²) in [5.41, 5.74) is 1.71. The minimum atomic E-state index is -0.0410. The summed E-state index contributed by atoms with van der Waals surface area (Å²) in [5.74, 6) is 2.14. The molecule has 1 fully saturated rings. The molecule has 9 nitrogen and oxygen atoms in total. The van der Waals surface area contributed by atoms with Gasteiger partial charge in [-0.2, -0.15) is 4.98 Å². The Morgan fingerprint density at radius 2 is 1.73 bits per heavy atom. The maximum absolute atomic E-state index is 11.6. The number of nitrogens with zero attached hydrogens (tertiary/aromatic N) is 4. The molecule has 156 valence electrons. The van der Waals surface area contributed by atoms with Crippen LogP contribution in [0.2, 0.25) is 0 Å². The number of ether oxygens (including phenoxy) is 3. The van der Waals surface area contributed by atoms with Gasteiger partial charge < -0.3 is 24.4 Å². The highest BCUT2D eigenvalue weighted by atomic mass is 16.5. The number of rotatable bonds is 8. The quantitative estimate of drug-likeness (QED) is 0.614. The van der Waals surface area contributed by atoms with Crippen LogP contribution in [-0.2, 0) is 0 Å². The molecule has 1 N–H and O–H groups in total. The van der Waals surface area contributed by atoms with E-state index in [0.717, 1.165) is 22.7 Å². The molecule has 0 bridgehead atoms. The zero-order chi connectivity index (χ0) is 20.9. The summed E-state index contributed by atoms with van der Waals surface area (Å²) in [6.45, 7) is 2.38. The van der Waals surface area contributed by atoms with E-state index in [1.54, 1.807) is 16.7 Å². The van der Waals surface area contributed by atoms with E-state index in [4.69, 9.17) is 14.2 Å². The molecule has 1 aliphatic heterocycles. The van der Waals surface area contributed by atoms with E-state index >= 15 is 0 Å². The molecule has 0 aliphatic carbocycles. The Morgan fingerprint density at radius 1 is 1.00 bits per heavy atom.